The molecule has 0 heterocycles. The lowest BCUT2D eigenvalue weighted by atomic mass is 10.1. The highest BCUT2D eigenvalue weighted by molar-refractivity contribution is 7.89. The summed E-state index contributed by atoms with van der Waals surface area (Å²) in [5, 5.41) is 18.3. The number of carbonyl (C=O) groups excluding carboxylic acids is 1. The Balaban J connectivity index is 3.13. The number of carbonyl (C=O) groups is 2. The maximum atomic E-state index is 12.2. The number of nitrogens with one attached hydrogen (secondary N) is 1. The summed E-state index contributed by atoms with van der Waals surface area (Å²) < 4.78 is 31.0. The maximum Gasteiger partial charge on any atom is 0.337 e. The number of aliphatic hydroxyl groups is 1. The molecule has 8 nitrogen and oxygen atoms in total. The van der Waals surface area contributed by atoms with E-state index < -0.39 is 34.1 Å². The van der Waals surface area contributed by atoms with E-state index in [1.807, 2.05) is 4.72 Å². The molecule has 0 saturated carbocycles. The quantitative estimate of drug-likeness (QED) is 0.620. The van der Waals surface area contributed by atoms with Crippen molar-refractivity contribution in [3.63, 3.8) is 0 Å². The van der Waals surface area contributed by atoms with Crippen molar-refractivity contribution in [3.05, 3.63) is 29.3 Å². The molecule has 122 valence electrons. The number of rotatable bonds is 6. The van der Waals surface area contributed by atoms with Gasteiger partial charge in [-0.3, -0.25) is 0 Å². The van der Waals surface area contributed by atoms with E-state index in [0.717, 1.165) is 13.0 Å². The highest BCUT2D eigenvalue weighted by Crippen LogP contribution is 2.18. The summed E-state index contributed by atoms with van der Waals surface area (Å²) in [6.07, 6.45) is 0. The number of esters is 1. The number of ether oxygens (including phenoxy) is 1. The van der Waals surface area contributed by atoms with Crippen LogP contribution < -0.4 is 4.72 Å². The minimum Gasteiger partial charge on any atom is -0.479 e. The van der Waals surface area contributed by atoms with E-state index in [9.17, 15) is 23.1 Å². The molecule has 3 N–H and O–H groups in total. The third-order valence-electron chi connectivity index (χ3n) is 2.97. The molecule has 0 fully saturated rings. The van der Waals surface area contributed by atoms with Gasteiger partial charge in [-0.25, -0.2) is 22.7 Å². The number of sulfonamides is 1. The zero-order valence-corrected chi connectivity index (χ0v) is 13.1. The SMILES string of the molecule is COC(=O)c1ccc(C)c(S(=O)(=O)NCC(C)(O)C(=O)O)c1. The Morgan fingerprint density at radius 3 is 2.45 bits per heavy atom. The van der Waals surface area contributed by atoms with Gasteiger partial charge in [-0.05, 0) is 31.5 Å². The summed E-state index contributed by atoms with van der Waals surface area (Å²) in [5.41, 5.74) is -1.85. The second-order valence-corrected chi connectivity index (χ2v) is 6.61. The average Bonchev–Trinajstić information content (AvgIpc) is 2.44. The fourth-order valence-electron chi connectivity index (χ4n) is 1.52. The first kappa shape index (κ1) is 18.1. The number of methoxy groups -OCH3 is 1. The van der Waals surface area contributed by atoms with Gasteiger partial charge in [0.2, 0.25) is 10.0 Å². The number of benzene rings is 1. The molecule has 0 amide bonds. The zero-order valence-electron chi connectivity index (χ0n) is 12.3. The zero-order chi connectivity index (χ0) is 17.1. The summed E-state index contributed by atoms with van der Waals surface area (Å²) in [6, 6.07) is 3.96. The largest absolute Gasteiger partial charge is 0.479 e. The van der Waals surface area contributed by atoms with Crippen LogP contribution in [0.4, 0.5) is 0 Å². The summed E-state index contributed by atoms with van der Waals surface area (Å²) in [4.78, 5) is 22.0. The van der Waals surface area contributed by atoms with E-state index in [-0.39, 0.29) is 10.5 Å². The van der Waals surface area contributed by atoms with Gasteiger partial charge in [-0.1, -0.05) is 6.07 Å². The molecule has 1 atom stereocenters. The van der Waals surface area contributed by atoms with Crippen LogP contribution in [0.3, 0.4) is 0 Å². The van der Waals surface area contributed by atoms with Crippen LogP contribution in [-0.4, -0.2) is 49.8 Å². The standard InChI is InChI=1S/C13H17NO7S/c1-8-4-5-9(11(15)21-3)6-10(8)22(19,20)14-7-13(2,18)12(16)17/h4-6,14,18H,7H2,1-3H3,(H,16,17). The van der Waals surface area contributed by atoms with Gasteiger partial charge in [-0.15, -0.1) is 0 Å². The van der Waals surface area contributed by atoms with Crippen molar-refractivity contribution < 1.29 is 33.0 Å². The summed E-state index contributed by atoms with van der Waals surface area (Å²) >= 11 is 0. The molecule has 22 heavy (non-hydrogen) atoms. The third-order valence-corrected chi connectivity index (χ3v) is 4.51. The first-order valence-corrected chi connectivity index (χ1v) is 7.64. The molecular formula is C13H17NO7S. The Morgan fingerprint density at radius 2 is 1.95 bits per heavy atom. The van der Waals surface area contributed by atoms with Gasteiger partial charge < -0.3 is 14.9 Å². The molecule has 1 unspecified atom stereocenters. The minimum absolute atomic E-state index is 0.0402. The van der Waals surface area contributed by atoms with E-state index in [0.29, 0.717) is 5.56 Å². The van der Waals surface area contributed by atoms with Gasteiger partial charge in [0.05, 0.1) is 24.1 Å². The molecular weight excluding hydrogens is 314 g/mol. The Hall–Kier alpha value is -1.97. The normalized spacial score (nSPS) is 14.2. The molecule has 1 aromatic rings. The molecule has 0 saturated heterocycles. The van der Waals surface area contributed by atoms with Crippen LogP contribution >= 0.6 is 0 Å². The molecule has 1 aromatic carbocycles. The lowest BCUT2D eigenvalue weighted by Crippen LogP contribution is -2.46. The second kappa shape index (κ2) is 6.42. The highest BCUT2D eigenvalue weighted by Gasteiger charge is 2.32. The van der Waals surface area contributed by atoms with Gasteiger partial charge >= 0.3 is 11.9 Å². The van der Waals surface area contributed by atoms with Crippen LogP contribution in [0.15, 0.2) is 23.1 Å². The molecule has 1 rings (SSSR count). The van der Waals surface area contributed by atoms with Crippen molar-refractivity contribution in [1.29, 1.82) is 0 Å². The molecule has 0 radical (unpaired) electrons. The van der Waals surface area contributed by atoms with Gasteiger partial charge in [0.25, 0.3) is 0 Å². The number of aryl methyl sites for hydroxylation is 1. The number of carboxylic acid groups (broad SMARTS) is 1. The third kappa shape index (κ3) is 4.03. The fourth-order valence-corrected chi connectivity index (χ4v) is 2.92. The topological polar surface area (TPSA) is 130 Å². The smallest absolute Gasteiger partial charge is 0.337 e. The summed E-state index contributed by atoms with van der Waals surface area (Å²) in [6.45, 7) is 1.77. The lowest BCUT2D eigenvalue weighted by molar-refractivity contribution is -0.155. The van der Waals surface area contributed by atoms with Gasteiger partial charge in [-0.2, -0.15) is 0 Å². The fraction of sp³-hybridized carbons (Fsp3) is 0.385. The van der Waals surface area contributed by atoms with Gasteiger partial charge in [0.1, 0.15) is 0 Å². The molecule has 9 heteroatoms. The maximum absolute atomic E-state index is 12.2. The first-order chi connectivity index (χ1) is 10.0. The molecule has 0 aliphatic carbocycles. The molecule has 0 bridgehead atoms. The van der Waals surface area contributed by atoms with Crippen molar-refractivity contribution in [2.75, 3.05) is 13.7 Å². The Labute approximate surface area is 127 Å². The van der Waals surface area contributed by atoms with Crippen molar-refractivity contribution in [2.24, 2.45) is 0 Å². The lowest BCUT2D eigenvalue weighted by Gasteiger charge is -2.19. The Bertz CT molecular complexity index is 694. The molecule has 0 aromatic heterocycles. The van der Waals surface area contributed by atoms with Crippen LogP contribution in [0.2, 0.25) is 0 Å². The van der Waals surface area contributed by atoms with Gasteiger partial charge in [0, 0.05) is 0 Å². The van der Waals surface area contributed by atoms with Crippen molar-refractivity contribution in [2.45, 2.75) is 24.3 Å². The van der Waals surface area contributed by atoms with Crippen molar-refractivity contribution in [3.8, 4) is 0 Å². The van der Waals surface area contributed by atoms with Crippen LogP contribution in [0.5, 0.6) is 0 Å². The van der Waals surface area contributed by atoms with Gasteiger partial charge in [0.15, 0.2) is 5.60 Å². The van der Waals surface area contributed by atoms with E-state index in [1.165, 1.54) is 26.2 Å². The van der Waals surface area contributed by atoms with Crippen LogP contribution in [0.25, 0.3) is 0 Å². The second-order valence-electron chi connectivity index (χ2n) is 4.88. The Kier molecular flexibility index (Phi) is 5.28. The van der Waals surface area contributed by atoms with E-state index in [4.69, 9.17) is 5.11 Å². The molecule has 0 spiro atoms. The monoisotopic (exact) mass is 331 g/mol. The highest BCUT2D eigenvalue weighted by atomic mass is 32.2. The minimum atomic E-state index is -4.10. The van der Waals surface area contributed by atoms with Crippen LogP contribution in [0, 0.1) is 6.92 Å². The predicted octanol–water partition coefficient (Wildman–Crippen LogP) is -0.104. The van der Waals surface area contributed by atoms with Crippen LogP contribution in [-0.2, 0) is 19.6 Å². The average molecular weight is 331 g/mol. The number of hydrogen-bond donors (Lipinski definition) is 3. The first-order valence-electron chi connectivity index (χ1n) is 6.15. The molecule has 0 aliphatic heterocycles. The van der Waals surface area contributed by atoms with E-state index in [2.05, 4.69) is 4.74 Å². The van der Waals surface area contributed by atoms with Crippen molar-refractivity contribution >= 4 is 22.0 Å². The summed E-state index contributed by atoms with van der Waals surface area (Å²) in [5.74, 6) is -2.26. The predicted molar refractivity (Wildman–Crippen MR) is 76.0 cm³/mol. The number of hydrogen-bond acceptors (Lipinski definition) is 6. The number of aliphatic carboxylic acids is 1. The van der Waals surface area contributed by atoms with E-state index in [1.54, 1.807) is 0 Å². The van der Waals surface area contributed by atoms with Crippen molar-refractivity contribution in [1.82, 2.24) is 4.72 Å². The van der Waals surface area contributed by atoms with E-state index >= 15 is 0 Å². The van der Waals surface area contributed by atoms with Crippen LogP contribution in [0.1, 0.15) is 22.8 Å². The summed E-state index contributed by atoms with van der Waals surface area (Å²) in [7, 11) is -2.94. The molecule has 0 aliphatic rings. The number of carboxylic acids is 1. The Morgan fingerprint density at radius 1 is 1.36 bits per heavy atom.